The van der Waals surface area contributed by atoms with Gasteiger partial charge in [-0.3, -0.25) is 14.4 Å². The van der Waals surface area contributed by atoms with Gasteiger partial charge in [-0.15, -0.1) is 0 Å². The minimum atomic E-state index is -3.61. The third-order valence-electron chi connectivity index (χ3n) is 4.74. The largest absolute Gasteiger partial charge is 0.365 e. The standard InChI is InChI=1S/C15H16N4O5S/c16-5-8-25(23,24)15(3-4-15)9-18-6-7-19-11(14(18)22)2-1-10(12(17)20)13(19)21/h1-2H,3-4,6-9H2,(H2,17,20). The molecule has 1 aromatic rings. The number of carbonyl (C=O) groups is 2. The van der Waals surface area contributed by atoms with Crippen molar-refractivity contribution in [1.29, 1.82) is 5.26 Å². The third kappa shape index (κ3) is 2.70. The lowest BCUT2D eigenvalue weighted by atomic mass is 10.1. The number of nitrogens with two attached hydrogens (primary N) is 1. The third-order valence-corrected chi connectivity index (χ3v) is 7.11. The van der Waals surface area contributed by atoms with E-state index >= 15 is 0 Å². The van der Waals surface area contributed by atoms with Crippen molar-refractivity contribution in [2.24, 2.45) is 5.73 Å². The highest BCUT2D eigenvalue weighted by atomic mass is 32.2. The van der Waals surface area contributed by atoms with Crippen LogP contribution in [0, 0.1) is 11.3 Å². The highest BCUT2D eigenvalue weighted by Gasteiger charge is 2.55. The van der Waals surface area contributed by atoms with Gasteiger partial charge in [0.05, 0.1) is 10.8 Å². The van der Waals surface area contributed by atoms with Crippen LogP contribution in [0.5, 0.6) is 0 Å². The zero-order valence-corrected chi connectivity index (χ0v) is 14.1. The second-order valence-corrected chi connectivity index (χ2v) is 8.66. The van der Waals surface area contributed by atoms with Gasteiger partial charge in [0.15, 0.2) is 9.84 Å². The smallest absolute Gasteiger partial charge is 0.270 e. The van der Waals surface area contributed by atoms with Crippen molar-refractivity contribution in [3.63, 3.8) is 0 Å². The van der Waals surface area contributed by atoms with Crippen LogP contribution in [-0.2, 0) is 16.4 Å². The highest BCUT2D eigenvalue weighted by Crippen LogP contribution is 2.45. The van der Waals surface area contributed by atoms with E-state index in [2.05, 4.69) is 0 Å². The Bertz CT molecular complexity index is 969. The number of primary amides is 1. The normalized spacial score (nSPS) is 18.4. The summed E-state index contributed by atoms with van der Waals surface area (Å²) in [6.07, 6.45) is 0.822. The lowest BCUT2D eigenvalue weighted by molar-refractivity contribution is 0.0695. The highest BCUT2D eigenvalue weighted by molar-refractivity contribution is 7.93. The molecule has 1 fully saturated rings. The summed E-state index contributed by atoms with van der Waals surface area (Å²) in [5.74, 6) is -1.92. The first-order valence-corrected chi connectivity index (χ1v) is 9.30. The van der Waals surface area contributed by atoms with Crippen LogP contribution >= 0.6 is 0 Å². The minimum absolute atomic E-state index is 0.00160. The Balaban J connectivity index is 1.89. The number of pyridine rings is 1. The van der Waals surface area contributed by atoms with Gasteiger partial charge in [-0.2, -0.15) is 5.26 Å². The molecule has 2 N–H and O–H groups in total. The minimum Gasteiger partial charge on any atom is -0.365 e. The van der Waals surface area contributed by atoms with Crippen molar-refractivity contribution in [3.8, 4) is 6.07 Å². The van der Waals surface area contributed by atoms with Gasteiger partial charge in [-0.1, -0.05) is 0 Å². The van der Waals surface area contributed by atoms with Crippen molar-refractivity contribution < 1.29 is 18.0 Å². The van der Waals surface area contributed by atoms with E-state index in [9.17, 15) is 22.8 Å². The molecule has 2 heterocycles. The Kier molecular flexibility index (Phi) is 3.91. The number of fused-ring (bicyclic) bond motifs is 1. The molecule has 0 radical (unpaired) electrons. The van der Waals surface area contributed by atoms with E-state index in [4.69, 9.17) is 11.0 Å². The molecule has 2 amide bonds. The van der Waals surface area contributed by atoms with Crippen LogP contribution in [0.2, 0.25) is 0 Å². The average molecular weight is 364 g/mol. The van der Waals surface area contributed by atoms with Crippen LogP contribution in [0.25, 0.3) is 0 Å². The Morgan fingerprint density at radius 2 is 1.96 bits per heavy atom. The molecular weight excluding hydrogens is 348 g/mol. The van der Waals surface area contributed by atoms with Gasteiger partial charge in [-0.25, -0.2) is 8.42 Å². The molecule has 25 heavy (non-hydrogen) atoms. The summed E-state index contributed by atoms with van der Waals surface area (Å²) in [7, 11) is -3.61. The van der Waals surface area contributed by atoms with Crippen LogP contribution in [0.15, 0.2) is 16.9 Å². The summed E-state index contributed by atoms with van der Waals surface area (Å²) < 4.78 is 24.6. The van der Waals surface area contributed by atoms with Crippen LogP contribution < -0.4 is 11.3 Å². The number of aromatic nitrogens is 1. The summed E-state index contributed by atoms with van der Waals surface area (Å²) in [6, 6.07) is 4.21. The second-order valence-electron chi connectivity index (χ2n) is 6.28. The number of amides is 2. The van der Waals surface area contributed by atoms with E-state index in [1.54, 1.807) is 6.07 Å². The predicted molar refractivity (Wildman–Crippen MR) is 86.5 cm³/mol. The molecule has 1 aliphatic carbocycles. The molecule has 0 saturated heterocycles. The quantitative estimate of drug-likeness (QED) is 0.700. The van der Waals surface area contributed by atoms with E-state index in [0.717, 1.165) is 0 Å². The molecule has 1 saturated carbocycles. The SMILES string of the molecule is N#CCS(=O)(=O)C1(CN2CCn3c(ccc(C(N)=O)c3=O)C2=O)CC1. The predicted octanol–water partition coefficient (Wildman–Crippen LogP) is -1.13. The number of nitriles is 1. The maximum absolute atomic E-state index is 12.6. The molecule has 1 aliphatic heterocycles. The number of carbonyl (C=O) groups excluding carboxylic acids is 2. The Hall–Kier alpha value is -2.67. The zero-order chi connectivity index (χ0) is 18.4. The van der Waals surface area contributed by atoms with E-state index in [1.165, 1.54) is 21.6 Å². The zero-order valence-electron chi connectivity index (χ0n) is 13.3. The Morgan fingerprint density at radius 1 is 1.28 bits per heavy atom. The average Bonchev–Trinajstić information content (AvgIpc) is 3.32. The summed E-state index contributed by atoms with van der Waals surface area (Å²) >= 11 is 0. The maximum atomic E-state index is 12.6. The molecule has 2 aliphatic rings. The van der Waals surface area contributed by atoms with Crippen LogP contribution in [0.3, 0.4) is 0 Å². The van der Waals surface area contributed by atoms with Crippen molar-refractivity contribution >= 4 is 21.7 Å². The summed E-state index contributed by atoms with van der Waals surface area (Å²) in [5.41, 5.74) is 4.41. The van der Waals surface area contributed by atoms with Gasteiger partial charge < -0.3 is 15.2 Å². The molecule has 1 aromatic heterocycles. The molecule has 0 atom stereocenters. The first-order chi connectivity index (χ1) is 11.7. The number of rotatable bonds is 5. The van der Waals surface area contributed by atoms with E-state index in [0.29, 0.717) is 12.8 Å². The Morgan fingerprint density at radius 3 is 2.52 bits per heavy atom. The molecule has 132 valence electrons. The van der Waals surface area contributed by atoms with Crippen LogP contribution in [0.4, 0.5) is 0 Å². The van der Waals surface area contributed by atoms with Gasteiger partial charge >= 0.3 is 0 Å². The molecule has 0 aromatic carbocycles. The topological polar surface area (TPSA) is 143 Å². The first-order valence-electron chi connectivity index (χ1n) is 7.65. The molecule has 3 rings (SSSR count). The molecule has 0 bridgehead atoms. The van der Waals surface area contributed by atoms with E-state index in [-0.39, 0.29) is 30.9 Å². The van der Waals surface area contributed by atoms with Gasteiger partial charge in [0, 0.05) is 19.6 Å². The van der Waals surface area contributed by atoms with Crippen molar-refractivity contribution in [2.75, 3.05) is 18.8 Å². The van der Waals surface area contributed by atoms with Crippen molar-refractivity contribution in [2.45, 2.75) is 24.1 Å². The lowest BCUT2D eigenvalue weighted by Gasteiger charge is -2.32. The van der Waals surface area contributed by atoms with Gasteiger partial charge in [0.1, 0.15) is 17.0 Å². The molecule has 9 nitrogen and oxygen atoms in total. The summed E-state index contributed by atoms with van der Waals surface area (Å²) in [5, 5.41) is 8.70. The van der Waals surface area contributed by atoms with Gasteiger partial charge in [0.2, 0.25) is 0 Å². The first kappa shape index (κ1) is 17.2. The van der Waals surface area contributed by atoms with E-state index < -0.39 is 37.7 Å². The fourth-order valence-corrected chi connectivity index (χ4v) is 4.66. The number of hydrogen-bond donors (Lipinski definition) is 1. The summed E-state index contributed by atoms with van der Waals surface area (Å²) in [6.45, 7) is 0.300. The number of nitrogens with zero attached hydrogens (tertiary/aromatic N) is 3. The van der Waals surface area contributed by atoms with Gasteiger partial charge in [0.25, 0.3) is 17.4 Å². The monoisotopic (exact) mass is 364 g/mol. The molecule has 0 unspecified atom stereocenters. The van der Waals surface area contributed by atoms with Crippen molar-refractivity contribution in [1.82, 2.24) is 9.47 Å². The van der Waals surface area contributed by atoms with Crippen LogP contribution in [-0.4, -0.2) is 53.3 Å². The molecule has 10 heteroatoms. The molecule has 0 spiro atoms. The number of sulfone groups is 1. The van der Waals surface area contributed by atoms with Gasteiger partial charge in [-0.05, 0) is 25.0 Å². The summed E-state index contributed by atoms with van der Waals surface area (Å²) in [4.78, 5) is 37.5. The maximum Gasteiger partial charge on any atom is 0.270 e. The Labute approximate surface area is 143 Å². The fraction of sp³-hybridized carbons (Fsp3) is 0.467. The number of hydrogen-bond acceptors (Lipinski definition) is 6. The fourth-order valence-electron chi connectivity index (χ4n) is 3.10. The van der Waals surface area contributed by atoms with Crippen LogP contribution in [0.1, 0.15) is 33.7 Å². The molecular formula is C15H16N4O5S. The second kappa shape index (κ2) is 5.70. The van der Waals surface area contributed by atoms with E-state index in [1.807, 2.05) is 0 Å². The van der Waals surface area contributed by atoms with Crippen molar-refractivity contribution in [3.05, 3.63) is 33.7 Å². The lowest BCUT2D eigenvalue weighted by Crippen LogP contribution is -2.50.